The monoisotopic (exact) mass is 161 g/mol. The molecule has 1 heterocycles. The van der Waals surface area contributed by atoms with Crippen molar-refractivity contribution in [1.29, 1.82) is 0 Å². The Balaban J connectivity index is 2.36. The minimum Gasteiger partial charge on any atom is -0.480 e. The van der Waals surface area contributed by atoms with E-state index >= 15 is 0 Å². The molecule has 0 aromatic heterocycles. The molecule has 1 aliphatic heterocycles. The first-order valence-electron chi connectivity index (χ1n) is 3.56. The maximum Gasteiger partial charge on any atom is 0.183 e. The fraction of sp³-hybridized carbons (Fsp3) is 0.714. The molecule has 0 amide bonds. The van der Waals surface area contributed by atoms with Crippen molar-refractivity contribution in [3.8, 4) is 0 Å². The van der Waals surface area contributed by atoms with Gasteiger partial charge in [0.25, 0.3) is 0 Å². The van der Waals surface area contributed by atoms with Crippen molar-refractivity contribution in [2.75, 3.05) is 6.61 Å². The van der Waals surface area contributed by atoms with Gasteiger partial charge in [0.15, 0.2) is 5.88 Å². The van der Waals surface area contributed by atoms with Crippen LogP contribution in [-0.2, 0) is 4.74 Å². The van der Waals surface area contributed by atoms with Gasteiger partial charge in [0.2, 0.25) is 0 Å². The zero-order chi connectivity index (χ0) is 7.40. The van der Waals surface area contributed by atoms with Gasteiger partial charge in [-0.05, 0) is 25.8 Å². The topological polar surface area (TPSA) is 21.3 Å². The standard InChI is InChI=1S/C7H12ClNO/c1-2-10-7-5-3-4-6(8)9-7/h5-6,9H,2-4H2,1H3. The van der Waals surface area contributed by atoms with Gasteiger partial charge in [-0.15, -0.1) is 0 Å². The third-order valence-corrected chi connectivity index (χ3v) is 1.68. The van der Waals surface area contributed by atoms with Crippen molar-refractivity contribution < 1.29 is 4.74 Å². The quantitative estimate of drug-likeness (QED) is 0.493. The Labute approximate surface area is 66.2 Å². The van der Waals surface area contributed by atoms with E-state index in [9.17, 15) is 0 Å². The molecule has 0 saturated carbocycles. The molecule has 0 radical (unpaired) electrons. The van der Waals surface area contributed by atoms with Crippen molar-refractivity contribution >= 4 is 11.6 Å². The highest BCUT2D eigenvalue weighted by Gasteiger charge is 2.10. The van der Waals surface area contributed by atoms with E-state index in [2.05, 4.69) is 5.32 Å². The van der Waals surface area contributed by atoms with E-state index in [0.29, 0.717) is 6.61 Å². The molecule has 0 aromatic carbocycles. The summed E-state index contributed by atoms with van der Waals surface area (Å²) in [6.07, 6.45) is 4.02. The fourth-order valence-corrected chi connectivity index (χ4v) is 1.14. The van der Waals surface area contributed by atoms with Crippen LogP contribution in [0.25, 0.3) is 0 Å². The Hall–Kier alpha value is -0.370. The molecule has 10 heavy (non-hydrogen) atoms. The maximum absolute atomic E-state index is 5.82. The summed E-state index contributed by atoms with van der Waals surface area (Å²) in [4.78, 5) is 0. The Morgan fingerprint density at radius 1 is 1.90 bits per heavy atom. The highest BCUT2D eigenvalue weighted by Crippen LogP contribution is 2.12. The summed E-state index contributed by atoms with van der Waals surface area (Å²) in [5.41, 5.74) is 0.0477. The van der Waals surface area contributed by atoms with E-state index < -0.39 is 0 Å². The summed E-state index contributed by atoms with van der Waals surface area (Å²) in [7, 11) is 0. The average Bonchev–Trinajstić information content (AvgIpc) is 1.88. The van der Waals surface area contributed by atoms with Crippen LogP contribution in [0, 0.1) is 0 Å². The van der Waals surface area contributed by atoms with Crippen molar-refractivity contribution in [2.45, 2.75) is 25.3 Å². The molecular formula is C7H12ClNO. The Morgan fingerprint density at radius 2 is 2.70 bits per heavy atom. The van der Waals surface area contributed by atoms with Gasteiger partial charge in [-0.1, -0.05) is 11.6 Å². The normalized spacial score (nSPS) is 25.0. The number of hydrogen-bond donors (Lipinski definition) is 1. The smallest absolute Gasteiger partial charge is 0.183 e. The summed E-state index contributed by atoms with van der Waals surface area (Å²) in [5, 5.41) is 3.02. The minimum atomic E-state index is 0.0477. The van der Waals surface area contributed by atoms with E-state index in [0.717, 1.165) is 18.7 Å². The highest BCUT2D eigenvalue weighted by atomic mass is 35.5. The number of hydrogen-bond acceptors (Lipinski definition) is 2. The second-order valence-corrected chi connectivity index (χ2v) is 2.72. The predicted molar refractivity (Wildman–Crippen MR) is 41.7 cm³/mol. The minimum absolute atomic E-state index is 0.0477. The van der Waals surface area contributed by atoms with Crippen molar-refractivity contribution in [2.24, 2.45) is 0 Å². The third kappa shape index (κ3) is 2.10. The lowest BCUT2D eigenvalue weighted by Crippen LogP contribution is -2.27. The Kier molecular flexibility index (Phi) is 2.87. The first-order chi connectivity index (χ1) is 4.83. The zero-order valence-corrected chi connectivity index (χ0v) is 6.82. The molecule has 1 aliphatic rings. The fourth-order valence-electron chi connectivity index (χ4n) is 0.902. The van der Waals surface area contributed by atoms with Gasteiger partial charge in [-0.3, -0.25) is 0 Å². The Morgan fingerprint density at radius 3 is 3.30 bits per heavy atom. The molecule has 2 nitrogen and oxygen atoms in total. The molecule has 1 N–H and O–H groups in total. The van der Waals surface area contributed by atoms with Crippen LogP contribution in [0.5, 0.6) is 0 Å². The lowest BCUT2D eigenvalue weighted by atomic mass is 10.2. The van der Waals surface area contributed by atoms with Crippen LogP contribution in [0.15, 0.2) is 12.0 Å². The van der Waals surface area contributed by atoms with E-state index in [-0.39, 0.29) is 5.50 Å². The second-order valence-electron chi connectivity index (χ2n) is 2.19. The molecular weight excluding hydrogens is 150 g/mol. The van der Waals surface area contributed by atoms with Crippen LogP contribution >= 0.6 is 11.6 Å². The maximum atomic E-state index is 5.82. The van der Waals surface area contributed by atoms with Gasteiger partial charge in [-0.25, -0.2) is 0 Å². The summed E-state index contributed by atoms with van der Waals surface area (Å²) in [5.74, 6) is 0.828. The van der Waals surface area contributed by atoms with Crippen LogP contribution in [0.3, 0.4) is 0 Å². The highest BCUT2D eigenvalue weighted by molar-refractivity contribution is 6.20. The molecule has 3 heteroatoms. The van der Waals surface area contributed by atoms with Gasteiger partial charge in [0.05, 0.1) is 6.61 Å². The van der Waals surface area contributed by atoms with E-state index in [4.69, 9.17) is 16.3 Å². The summed E-state index contributed by atoms with van der Waals surface area (Å²) >= 11 is 5.82. The number of alkyl halides is 1. The van der Waals surface area contributed by atoms with Gasteiger partial charge >= 0.3 is 0 Å². The molecule has 58 valence electrons. The lowest BCUT2D eigenvalue weighted by Gasteiger charge is -2.19. The summed E-state index contributed by atoms with van der Waals surface area (Å²) in [6.45, 7) is 2.66. The second kappa shape index (κ2) is 3.71. The van der Waals surface area contributed by atoms with E-state index in [1.54, 1.807) is 0 Å². The number of halogens is 1. The first kappa shape index (κ1) is 7.73. The largest absolute Gasteiger partial charge is 0.480 e. The number of allylic oxidation sites excluding steroid dienone is 1. The van der Waals surface area contributed by atoms with E-state index in [1.807, 2.05) is 13.0 Å². The molecule has 0 saturated heterocycles. The van der Waals surface area contributed by atoms with Crippen LogP contribution < -0.4 is 5.32 Å². The average molecular weight is 162 g/mol. The van der Waals surface area contributed by atoms with Crippen molar-refractivity contribution in [3.63, 3.8) is 0 Å². The number of ether oxygens (including phenoxy) is 1. The Bertz CT molecular complexity index is 136. The van der Waals surface area contributed by atoms with Crippen LogP contribution in [0.4, 0.5) is 0 Å². The number of rotatable bonds is 2. The van der Waals surface area contributed by atoms with Crippen LogP contribution in [0.2, 0.25) is 0 Å². The molecule has 1 unspecified atom stereocenters. The molecule has 0 fully saturated rings. The molecule has 1 atom stereocenters. The van der Waals surface area contributed by atoms with Crippen LogP contribution in [-0.4, -0.2) is 12.1 Å². The molecule has 0 bridgehead atoms. The summed E-state index contributed by atoms with van der Waals surface area (Å²) < 4.78 is 5.22. The molecule has 0 aliphatic carbocycles. The molecule has 0 spiro atoms. The van der Waals surface area contributed by atoms with Gasteiger partial charge in [-0.2, -0.15) is 0 Å². The van der Waals surface area contributed by atoms with Crippen molar-refractivity contribution in [3.05, 3.63) is 12.0 Å². The van der Waals surface area contributed by atoms with E-state index in [1.165, 1.54) is 0 Å². The summed E-state index contributed by atoms with van der Waals surface area (Å²) in [6, 6.07) is 0. The van der Waals surface area contributed by atoms with Gasteiger partial charge in [0, 0.05) is 0 Å². The number of nitrogens with one attached hydrogen (secondary N) is 1. The lowest BCUT2D eigenvalue weighted by molar-refractivity contribution is 0.196. The SMILES string of the molecule is CCOC1=CCCC(Cl)N1. The first-order valence-corrected chi connectivity index (χ1v) is 4.00. The van der Waals surface area contributed by atoms with Gasteiger partial charge < -0.3 is 10.1 Å². The zero-order valence-electron chi connectivity index (χ0n) is 6.06. The predicted octanol–water partition coefficient (Wildman–Crippen LogP) is 1.81. The van der Waals surface area contributed by atoms with Crippen molar-refractivity contribution in [1.82, 2.24) is 5.32 Å². The molecule has 0 aromatic rings. The van der Waals surface area contributed by atoms with Crippen LogP contribution in [0.1, 0.15) is 19.8 Å². The molecule has 1 rings (SSSR count). The van der Waals surface area contributed by atoms with Gasteiger partial charge in [0.1, 0.15) is 5.50 Å². The third-order valence-electron chi connectivity index (χ3n) is 1.35.